The molecule has 21 heavy (non-hydrogen) atoms. The van der Waals surface area contributed by atoms with E-state index < -0.39 is 0 Å². The monoisotopic (exact) mass is 419 g/mol. The number of hydrogen-bond donors (Lipinski definition) is 1. The van der Waals surface area contributed by atoms with Crippen molar-refractivity contribution in [2.45, 2.75) is 46.1 Å². The summed E-state index contributed by atoms with van der Waals surface area (Å²) in [6.07, 6.45) is 5.63. The number of thiophene rings is 1. The molecule has 1 saturated heterocycles. The van der Waals surface area contributed by atoms with Gasteiger partial charge in [-0.15, -0.1) is 35.3 Å². The first-order chi connectivity index (χ1) is 9.71. The van der Waals surface area contributed by atoms with Gasteiger partial charge in [-0.2, -0.15) is 0 Å². The van der Waals surface area contributed by atoms with E-state index in [1.165, 1.54) is 48.5 Å². The molecule has 118 valence electrons. The Hall–Kier alpha value is -0.300. The average Bonchev–Trinajstić information content (AvgIpc) is 3.00. The van der Waals surface area contributed by atoms with Gasteiger partial charge in [0.15, 0.2) is 5.96 Å². The zero-order chi connectivity index (χ0) is 14.0. The number of halogens is 1. The largest absolute Gasteiger partial charge is 0.357 e. The Bertz CT molecular complexity index is 493. The SMILES string of the molecule is CCNC(=NCc1ccc(C)s1)N1CCC2(CCC2)C1.I. The Balaban J connectivity index is 0.00000161. The van der Waals surface area contributed by atoms with Crippen molar-refractivity contribution in [3.63, 3.8) is 0 Å². The van der Waals surface area contributed by atoms with Crippen molar-refractivity contribution in [2.75, 3.05) is 19.6 Å². The lowest BCUT2D eigenvalue weighted by atomic mass is 9.68. The summed E-state index contributed by atoms with van der Waals surface area (Å²) in [5.74, 6) is 1.11. The van der Waals surface area contributed by atoms with Crippen LogP contribution in [0.2, 0.25) is 0 Å². The van der Waals surface area contributed by atoms with Gasteiger partial charge in [-0.1, -0.05) is 6.42 Å². The minimum atomic E-state index is 0. The number of hydrogen-bond acceptors (Lipinski definition) is 2. The van der Waals surface area contributed by atoms with Gasteiger partial charge in [0.1, 0.15) is 0 Å². The highest BCUT2D eigenvalue weighted by Crippen LogP contribution is 2.47. The number of rotatable bonds is 3. The van der Waals surface area contributed by atoms with E-state index in [1.54, 1.807) is 0 Å². The molecular weight excluding hydrogens is 393 g/mol. The third kappa shape index (κ3) is 3.92. The molecule has 1 aromatic heterocycles. The number of likely N-dealkylation sites (tertiary alicyclic amines) is 1. The second-order valence-electron chi connectivity index (χ2n) is 6.21. The molecule has 1 aliphatic heterocycles. The lowest BCUT2D eigenvalue weighted by molar-refractivity contribution is 0.151. The highest BCUT2D eigenvalue weighted by atomic mass is 127. The molecule has 0 atom stereocenters. The zero-order valence-corrected chi connectivity index (χ0v) is 16.2. The smallest absolute Gasteiger partial charge is 0.194 e. The van der Waals surface area contributed by atoms with Crippen LogP contribution in [-0.2, 0) is 6.54 Å². The van der Waals surface area contributed by atoms with Crippen molar-refractivity contribution >= 4 is 41.3 Å². The maximum absolute atomic E-state index is 4.84. The molecule has 0 unspecified atom stereocenters. The fraction of sp³-hybridized carbons (Fsp3) is 0.688. The second kappa shape index (κ2) is 7.31. The first-order valence-corrected chi connectivity index (χ1v) is 8.61. The maximum Gasteiger partial charge on any atom is 0.194 e. The average molecular weight is 419 g/mol. The first kappa shape index (κ1) is 17.1. The summed E-state index contributed by atoms with van der Waals surface area (Å²) in [6.45, 7) is 8.46. The van der Waals surface area contributed by atoms with Crippen LogP contribution >= 0.6 is 35.3 Å². The molecule has 3 rings (SSSR count). The normalized spacial score (nSPS) is 20.3. The molecule has 1 N–H and O–H groups in total. The molecule has 1 aliphatic carbocycles. The lowest BCUT2D eigenvalue weighted by Gasteiger charge is -2.38. The van der Waals surface area contributed by atoms with Crippen LogP contribution in [0.3, 0.4) is 0 Å². The summed E-state index contributed by atoms with van der Waals surface area (Å²) >= 11 is 1.85. The summed E-state index contributed by atoms with van der Waals surface area (Å²) in [6, 6.07) is 4.38. The molecule has 0 amide bonds. The molecule has 3 nitrogen and oxygen atoms in total. The summed E-state index contributed by atoms with van der Waals surface area (Å²) in [4.78, 5) is 10.0. The van der Waals surface area contributed by atoms with Crippen molar-refractivity contribution in [3.05, 3.63) is 21.9 Å². The number of aryl methyl sites for hydroxylation is 1. The van der Waals surface area contributed by atoms with Gasteiger partial charge in [-0.3, -0.25) is 0 Å². The van der Waals surface area contributed by atoms with E-state index in [0.717, 1.165) is 19.0 Å². The fourth-order valence-corrected chi connectivity index (χ4v) is 4.16. The second-order valence-corrected chi connectivity index (χ2v) is 7.58. The van der Waals surface area contributed by atoms with E-state index in [9.17, 15) is 0 Å². The Kier molecular flexibility index (Phi) is 5.94. The Morgan fingerprint density at radius 3 is 2.71 bits per heavy atom. The van der Waals surface area contributed by atoms with Crippen molar-refractivity contribution in [2.24, 2.45) is 10.4 Å². The van der Waals surface area contributed by atoms with Crippen LogP contribution in [0, 0.1) is 12.3 Å². The number of nitrogens with zero attached hydrogens (tertiary/aromatic N) is 2. The molecule has 0 radical (unpaired) electrons. The van der Waals surface area contributed by atoms with Gasteiger partial charge in [0, 0.05) is 29.4 Å². The third-order valence-corrected chi connectivity index (χ3v) is 5.65. The first-order valence-electron chi connectivity index (χ1n) is 7.79. The molecule has 2 heterocycles. The molecule has 1 aromatic rings. The van der Waals surface area contributed by atoms with E-state index >= 15 is 0 Å². The van der Waals surface area contributed by atoms with Gasteiger partial charge < -0.3 is 10.2 Å². The molecule has 2 fully saturated rings. The molecule has 1 saturated carbocycles. The summed E-state index contributed by atoms with van der Waals surface area (Å²) < 4.78 is 0. The predicted molar refractivity (Wildman–Crippen MR) is 102 cm³/mol. The van der Waals surface area contributed by atoms with E-state index in [-0.39, 0.29) is 24.0 Å². The van der Waals surface area contributed by atoms with Crippen molar-refractivity contribution in [1.82, 2.24) is 10.2 Å². The molecule has 2 aliphatic rings. The van der Waals surface area contributed by atoms with Crippen LogP contribution in [0.5, 0.6) is 0 Å². The molecule has 5 heteroatoms. The zero-order valence-electron chi connectivity index (χ0n) is 13.0. The fourth-order valence-electron chi connectivity index (χ4n) is 3.35. The number of guanidine groups is 1. The number of nitrogens with one attached hydrogen (secondary N) is 1. The van der Waals surface area contributed by atoms with E-state index in [0.29, 0.717) is 5.41 Å². The Morgan fingerprint density at radius 2 is 2.19 bits per heavy atom. The molecule has 0 bridgehead atoms. The predicted octanol–water partition coefficient (Wildman–Crippen LogP) is 4.02. The highest BCUT2D eigenvalue weighted by Gasteiger charge is 2.43. The van der Waals surface area contributed by atoms with Crippen LogP contribution in [-0.4, -0.2) is 30.5 Å². The van der Waals surface area contributed by atoms with Gasteiger partial charge in [-0.05, 0) is 50.7 Å². The molecular formula is C16H26IN3S. The quantitative estimate of drug-likeness (QED) is 0.456. The summed E-state index contributed by atoms with van der Waals surface area (Å²) in [7, 11) is 0. The molecule has 1 spiro atoms. The topological polar surface area (TPSA) is 27.6 Å². The lowest BCUT2D eigenvalue weighted by Crippen LogP contribution is -2.42. The van der Waals surface area contributed by atoms with Gasteiger partial charge >= 0.3 is 0 Å². The van der Waals surface area contributed by atoms with Crippen molar-refractivity contribution in [3.8, 4) is 0 Å². The minimum Gasteiger partial charge on any atom is -0.357 e. The highest BCUT2D eigenvalue weighted by molar-refractivity contribution is 14.0. The van der Waals surface area contributed by atoms with Crippen LogP contribution < -0.4 is 5.32 Å². The standard InChI is InChI=1S/C16H25N3S.HI/c1-3-17-15(18-11-14-6-5-13(2)20-14)19-10-9-16(12-19)7-4-8-16;/h5-6H,3-4,7-12H2,1-2H3,(H,17,18);1H. The summed E-state index contributed by atoms with van der Waals surface area (Å²) in [5.41, 5.74) is 0.635. The van der Waals surface area contributed by atoms with Gasteiger partial charge in [0.2, 0.25) is 0 Å². The number of aliphatic imine (C=N–C) groups is 1. The molecule has 0 aromatic carbocycles. The van der Waals surface area contributed by atoms with Crippen LogP contribution in [0.1, 0.15) is 42.4 Å². The van der Waals surface area contributed by atoms with Crippen LogP contribution in [0.25, 0.3) is 0 Å². The minimum absolute atomic E-state index is 0. The Labute approximate surface area is 149 Å². The van der Waals surface area contributed by atoms with Crippen LogP contribution in [0.15, 0.2) is 17.1 Å². The van der Waals surface area contributed by atoms with Gasteiger partial charge in [-0.25, -0.2) is 4.99 Å². The van der Waals surface area contributed by atoms with Gasteiger partial charge in [0.05, 0.1) is 6.54 Å². The van der Waals surface area contributed by atoms with Crippen molar-refractivity contribution in [1.29, 1.82) is 0 Å². The summed E-state index contributed by atoms with van der Waals surface area (Å²) in [5, 5.41) is 3.47. The van der Waals surface area contributed by atoms with E-state index in [2.05, 4.69) is 36.2 Å². The third-order valence-electron chi connectivity index (χ3n) is 4.67. The van der Waals surface area contributed by atoms with Crippen LogP contribution in [0.4, 0.5) is 0 Å². The van der Waals surface area contributed by atoms with Gasteiger partial charge in [0.25, 0.3) is 0 Å². The maximum atomic E-state index is 4.84. The Morgan fingerprint density at radius 1 is 1.38 bits per heavy atom. The van der Waals surface area contributed by atoms with Crippen molar-refractivity contribution < 1.29 is 0 Å². The van der Waals surface area contributed by atoms with E-state index in [4.69, 9.17) is 4.99 Å². The van der Waals surface area contributed by atoms with E-state index in [1.807, 2.05) is 11.3 Å².